The number of benzene rings is 1. The topological polar surface area (TPSA) is 56.2 Å². The van der Waals surface area contributed by atoms with E-state index in [1.54, 1.807) is 0 Å². The van der Waals surface area contributed by atoms with Crippen molar-refractivity contribution in [2.45, 2.75) is 36.8 Å². The minimum atomic E-state index is -0.386. The first-order valence-electron chi connectivity index (χ1n) is 7.74. The number of aliphatic hydroxyl groups is 1. The fourth-order valence-corrected chi connectivity index (χ4v) is 5.01. The molecule has 2 bridgehead atoms. The second kappa shape index (κ2) is 3.62. The maximum Gasteiger partial charge on any atom is 0.211 e. The van der Waals surface area contributed by atoms with Crippen LogP contribution in [0.25, 0.3) is 0 Å². The highest BCUT2D eigenvalue weighted by Crippen LogP contribution is 2.63. The summed E-state index contributed by atoms with van der Waals surface area (Å²) in [7, 11) is 2.19. The van der Waals surface area contributed by atoms with Crippen LogP contribution in [0.2, 0.25) is 0 Å². The van der Waals surface area contributed by atoms with Gasteiger partial charge < -0.3 is 19.8 Å². The lowest BCUT2D eigenvalue weighted by Gasteiger charge is -2.57. The molecule has 4 aliphatic rings. The SMILES string of the molecule is CN1CC[C@]23C[C@@H](O)C=C[C@H]2[C@H]1Cc1c3cc(O)c2c1O2. The molecular formula is C17H19NO3. The monoisotopic (exact) mass is 285 g/mol. The Morgan fingerprint density at radius 2 is 2.19 bits per heavy atom. The highest BCUT2D eigenvalue weighted by atomic mass is 16.6. The zero-order valence-corrected chi connectivity index (χ0v) is 12.0. The summed E-state index contributed by atoms with van der Waals surface area (Å²) >= 11 is 0. The third-order valence-electron chi connectivity index (χ3n) is 6.07. The van der Waals surface area contributed by atoms with E-state index in [0.29, 0.717) is 17.7 Å². The smallest absolute Gasteiger partial charge is 0.211 e. The molecule has 110 valence electrons. The van der Waals surface area contributed by atoms with Gasteiger partial charge in [-0.2, -0.15) is 0 Å². The third kappa shape index (κ3) is 1.37. The number of phenolic OH excluding ortho intramolecular Hbond substituents is 1. The molecule has 21 heavy (non-hydrogen) atoms. The fourth-order valence-electron chi connectivity index (χ4n) is 5.01. The number of phenols is 1. The number of hydrogen-bond acceptors (Lipinski definition) is 4. The van der Waals surface area contributed by atoms with Crippen LogP contribution in [-0.2, 0) is 11.8 Å². The molecule has 0 aromatic heterocycles. The lowest BCUT2D eigenvalue weighted by atomic mass is 9.54. The van der Waals surface area contributed by atoms with Crippen LogP contribution < -0.4 is 4.74 Å². The average molecular weight is 285 g/mol. The van der Waals surface area contributed by atoms with Crippen molar-refractivity contribution in [1.82, 2.24) is 4.90 Å². The molecule has 2 heterocycles. The van der Waals surface area contributed by atoms with Crippen LogP contribution in [0.3, 0.4) is 0 Å². The summed E-state index contributed by atoms with van der Waals surface area (Å²) in [4.78, 5) is 2.44. The van der Waals surface area contributed by atoms with E-state index in [4.69, 9.17) is 4.74 Å². The quantitative estimate of drug-likeness (QED) is 0.574. The van der Waals surface area contributed by atoms with E-state index in [1.807, 2.05) is 12.1 Å². The summed E-state index contributed by atoms with van der Waals surface area (Å²) in [5.74, 6) is 2.24. The largest absolute Gasteiger partial charge is 0.504 e. The number of nitrogens with zero attached hydrogens (tertiary/aromatic N) is 1. The molecule has 2 N–H and O–H groups in total. The van der Waals surface area contributed by atoms with Gasteiger partial charge in [-0.1, -0.05) is 12.2 Å². The van der Waals surface area contributed by atoms with Crippen molar-refractivity contribution in [2.75, 3.05) is 13.6 Å². The number of aromatic hydroxyl groups is 1. The molecule has 4 nitrogen and oxygen atoms in total. The molecule has 0 unspecified atom stereocenters. The summed E-state index contributed by atoms with van der Waals surface area (Å²) in [6, 6.07) is 2.37. The molecule has 4 heteroatoms. The van der Waals surface area contributed by atoms with Crippen molar-refractivity contribution in [3.63, 3.8) is 0 Å². The van der Waals surface area contributed by atoms with Crippen molar-refractivity contribution < 1.29 is 14.9 Å². The summed E-state index contributed by atoms with van der Waals surface area (Å²) in [5, 5.41) is 20.3. The number of aliphatic hydroxyl groups excluding tert-OH is 1. The minimum absolute atomic E-state index is 0.0443. The van der Waals surface area contributed by atoms with Crippen LogP contribution in [-0.4, -0.2) is 40.9 Å². The molecule has 1 fully saturated rings. The van der Waals surface area contributed by atoms with Gasteiger partial charge in [0.1, 0.15) is 0 Å². The Kier molecular flexibility index (Phi) is 2.08. The van der Waals surface area contributed by atoms with Gasteiger partial charge >= 0.3 is 0 Å². The Morgan fingerprint density at radius 1 is 1.33 bits per heavy atom. The molecule has 2 aliphatic carbocycles. The predicted octanol–water partition coefficient (Wildman–Crippen LogP) is 1.93. The first-order chi connectivity index (χ1) is 10.1. The van der Waals surface area contributed by atoms with E-state index in [-0.39, 0.29) is 17.3 Å². The Bertz CT molecular complexity index is 683. The summed E-state index contributed by atoms with van der Waals surface area (Å²) < 4.78 is 5.52. The van der Waals surface area contributed by atoms with Crippen LogP contribution in [0, 0.1) is 5.92 Å². The molecule has 4 atom stereocenters. The van der Waals surface area contributed by atoms with Gasteiger partial charge in [0, 0.05) is 22.9 Å². The highest BCUT2D eigenvalue weighted by Gasteiger charge is 2.55. The lowest BCUT2D eigenvalue weighted by molar-refractivity contribution is 0.0208. The Hall–Kier alpha value is -1.52. The maximum atomic E-state index is 10.2. The minimum Gasteiger partial charge on any atom is -0.504 e. The molecule has 1 aromatic carbocycles. The van der Waals surface area contributed by atoms with Crippen LogP contribution in [0.15, 0.2) is 18.2 Å². The van der Waals surface area contributed by atoms with Crippen molar-refractivity contribution in [3.05, 3.63) is 29.3 Å². The zero-order chi connectivity index (χ0) is 14.4. The van der Waals surface area contributed by atoms with Crippen molar-refractivity contribution in [1.29, 1.82) is 0 Å². The van der Waals surface area contributed by atoms with Crippen LogP contribution in [0.5, 0.6) is 17.2 Å². The van der Waals surface area contributed by atoms with E-state index in [1.165, 1.54) is 11.1 Å². The molecule has 2 aliphatic heterocycles. The normalized spacial score (nSPS) is 39.0. The Morgan fingerprint density at radius 3 is 3.05 bits per heavy atom. The van der Waals surface area contributed by atoms with Crippen molar-refractivity contribution in [3.8, 4) is 17.2 Å². The van der Waals surface area contributed by atoms with Gasteiger partial charge in [-0.05, 0) is 44.5 Å². The third-order valence-corrected chi connectivity index (χ3v) is 6.07. The standard InChI is InChI=1S/C17H19NO3/c1-18-5-4-17-8-9(19)2-3-11(17)13(18)6-10-12(17)7-14(20)16-15(10)21-16/h2-3,7,9,11,13,19-20H,4-6,8H2,1H3/t9-,11-,13+,17-/m0/s1. The molecule has 1 saturated heterocycles. The molecule has 1 aromatic rings. The molecule has 0 saturated carbocycles. The van der Waals surface area contributed by atoms with Crippen molar-refractivity contribution in [2.24, 2.45) is 5.92 Å². The zero-order valence-electron chi connectivity index (χ0n) is 12.0. The second-order valence-corrected chi connectivity index (χ2v) is 7.02. The second-order valence-electron chi connectivity index (χ2n) is 7.02. The fraction of sp³-hybridized carbons (Fsp3) is 0.529. The van der Waals surface area contributed by atoms with Gasteiger partial charge in [0.2, 0.25) is 5.75 Å². The first-order valence-corrected chi connectivity index (χ1v) is 7.74. The number of likely N-dealkylation sites (N-methyl/N-ethyl adjacent to an activating group) is 1. The molecule has 5 rings (SSSR count). The molecular weight excluding hydrogens is 266 g/mol. The van der Waals surface area contributed by atoms with Crippen LogP contribution in [0.1, 0.15) is 24.0 Å². The summed E-state index contributed by atoms with van der Waals surface area (Å²) in [5.41, 5.74) is 2.43. The average Bonchev–Trinajstić information content (AvgIpc) is 3.25. The number of hydrogen-bond donors (Lipinski definition) is 2. The number of rotatable bonds is 0. The van der Waals surface area contributed by atoms with Gasteiger partial charge in [-0.3, -0.25) is 0 Å². The Labute approximate surface area is 123 Å². The lowest BCUT2D eigenvalue weighted by Crippen LogP contribution is -2.60. The number of likely N-dealkylation sites (tertiary alicyclic amines) is 1. The first kappa shape index (κ1) is 12.1. The number of fused-ring (bicyclic) bond motifs is 3. The van der Waals surface area contributed by atoms with E-state index in [2.05, 4.69) is 18.0 Å². The van der Waals surface area contributed by atoms with E-state index < -0.39 is 0 Å². The Balaban J connectivity index is 1.77. The van der Waals surface area contributed by atoms with Gasteiger partial charge in [0.25, 0.3) is 0 Å². The van der Waals surface area contributed by atoms with E-state index in [9.17, 15) is 10.2 Å². The maximum absolute atomic E-state index is 10.2. The molecule has 0 amide bonds. The van der Waals surface area contributed by atoms with Gasteiger partial charge in [-0.25, -0.2) is 0 Å². The molecule has 0 spiro atoms. The number of ether oxygens (including phenoxy) is 1. The van der Waals surface area contributed by atoms with E-state index >= 15 is 0 Å². The van der Waals surface area contributed by atoms with Gasteiger partial charge in [0.15, 0.2) is 11.5 Å². The highest BCUT2D eigenvalue weighted by molar-refractivity contribution is 5.71. The predicted molar refractivity (Wildman–Crippen MR) is 77.9 cm³/mol. The van der Waals surface area contributed by atoms with Gasteiger partial charge in [0.05, 0.1) is 6.10 Å². The number of piperidine rings is 1. The van der Waals surface area contributed by atoms with Gasteiger partial charge in [-0.15, -0.1) is 0 Å². The summed E-state index contributed by atoms with van der Waals surface area (Å²) in [6.07, 6.45) is 6.53. The van der Waals surface area contributed by atoms with Crippen LogP contribution in [0.4, 0.5) is 0 Å². The van der Waals surface area contributed by atoms with Crippen molar-refractivity contribution >= 4 is 0 Å². The van der Waals surface area contributed by atoms with Crippen LogP contribution >= 0.6 is 0 Å². The summed E-state index contributed by atoms with van der Waals surface area (Å²) in [6.45, 7) is 1.04. The van der Waals surface area contributed by atoms with E-state index in [0.717, 1.165) is 31.6 Å². The molecule has 0 radical (unpaired) electrons.